The fourth-order valence-electron chi connectivity index (χ4n) is 1.86. The number of carbonyl (C=O) groups excluding carboxylic acids is 2. The minimum absolute atomic E-state index is 0.0670. The van der Waals surface area contributed by atoms with Crippen LogP contribution in [0.1, 0.15) is 5.56 Å². The van der Waals surface area contributed by atoms with E-state index in [1.54, 1.807) is 12.1 Å². The first kappa shape index (κ1) is 17.3. The molecular weight excluding hydrogens is 308 g/mol. The molecule has 0 aliphatic heterocycles. The van der Waals surface area contributed by atoms with Gasteiger partial charge in [0, 0.05) is 13.1 Å². The second-order valence-corrected chi connectivity index (χ2v) is 4.94. The van der Waals surface area contributed by atoms with Crippen LogP contribution in [-0.4, -0.2) is 31.7 Å². The van der Waals surface area contributed by atoms with Crippen LogP contribution >= 0.6 is 0 Å². The van der Waals surface area contributed by atoms with Crippen molar-refractivity contribution in [3.8, 4) is 5.75 Å². The molecule has 0 saturated heterocycles. The van der Waals surface area contributed by atoms with Crippen molar-refractivity contribution in [3.05, 3.63) is 66.2 Å². The maximum atomic E-state index is 11.6. The van der Waals surface area contributed by atoms with Crippen molar-refractivity contribution in [3.63, 3.8) is 0 Å². The highest BCUT2D eigenvalue weighted by molar-refractivity contribution is 5.77. The van der Waals surface area contributed by atoms with Gasteiger partial charge in [0.15, 0.2) is 6.61 Å². The Bertz CT molecular complexity index is 574. The largest absolute Gasteiger partial charge is 0.484 e. The average Bonchev–Trinajstić information content (AvgIpc) is 2.63. The lowest BCUT2D eigenvalue weighted by molar-refractivity contribution is -0.123. The Kier molecular flexibility index (Phi) is 7.14. The van der Waals surface area contributed by atoms with E-state index in [1.165, 1.54) is 0 Å². The van der Waals surface area contributed by atoms with Crippen LogP contribution in [0.2, 0.25) is 0 Å². The Hall–Kier alpha value is -3.02. The molecule has 0 aliphatic carbocycles. The monoisotopic (exact) mass is 328 g/mol. The van der Waals surface area contributed by atoms with E-state index in [2.05, 4.69) is 10.6 Å². The highest BCUT2D eigenvalue weighted by Gasteiger charge is 2.04. The lowest BCUT2D eigenvalue weighted by Gasteiger charge is -2.09. The molecule has 0 bridgehead atoms. The molecule has 0 radical (unpaired) electrons. The number of carbonyl (C=O) groups is 2. The van der Waals surface area contributed by atoms with Gasteiger partial charge in [-0.3, -0.25) is 4.79 Å². The molecule has 2 aromatic carbocycles. The summed E-state index contributed by atoms with van der Waals surface area (Å²) in [6.45, 7) is 0.731. The van der Waals surface area contributed by atoms with E-state index in [4.69, 9.17) is 9.47 Å². The van der Waals surface area contributed by atoms with Gasteiger partial charge in [0.05, 0.1) is 0 Å². The van der Waals surface area contributed by atoms with Gasteiger partial charge < -0.3 is 20.1 Å². The van der Waals surface area contributed by atoms with E-state index in [1.807, 2.05) is 48.5 Å². The van der Waals surface area contributed by atoms with Crippen LogP contribution in [0, 0.1) is 0 Å². The molecule has 2 N–H and O–H groups in total. The van der Waals surface area contributed by atoms with Crippen LogP contribution in [0.3, 0.4) is 0 Å². The molecule has 2 aromatic rings. The molecule has 0 saturated carbocycles. The first-order valence-corrected chi connectivity index (χ1v) is 7.63. The lowest BCUT2D eigenvalue weighted by atomic mass is 10.2. The van der Waals surface area contributed by atoms with Gasteiger partial charge in [0.2, 0.25) is 0 Å². The Morgan fingerprint density at radius 3 is 2.17 bits per heavy atom. The van der Waals surface area contributed by atoms with Gasteiger partial charge in [-0.2, -0.15) is 0 Å². The Balaban J connectivity index is 1.52. The summed E-state index contributed by atoms with van der Waals surface area (Å²) in [5.41, 5.74) is 0.916. The van der Waals surface area contributed by atoms with E-state index >= 15 is 0 Å². The normalized spacial score (nSPS) is 9.83. The zero-order chi connectivity index (χ0) is 17.0. The molecule has 2 amide bonds. The summed E-state index contributed by atoms with van der Waals surface area (Å²) in [6, 6.07) is 18.5. The van der Waals surface area contributed by atoms with Crippen molar-refractivity contribution in [1.82, 2.24) is 10.6 Å². The highest BCUT2D eigenvalue weighted by Crippen LogP contribution is 2.07. The number of ether oxygens (including phenoxy) is 2. The molecule has 0 heterocycles. The Morgan fingerprint density at radius 1 is 0.833 bits per heavy atom. The zero-order valence-corrected chi connectivity index (χ0v) is 13.2. The summed E-state index contributed by atoms with van der Waals surface area (Å²) in [7, 11) is 0. The van der Waals surface area contributed by atoms with E-state index < -0.39 is 6.09 Å². The fourth-order valence-corrected chi connectivity index (χ4v) is 1.86. The predicted octanol–water partition coefficient (Wildman–Crippen LogP) is 2.11. The van der Waals surface area contributed by atoms with Gasteiger partial charge in [-0.15, -0.1) is 0 Å². The SMILES string of the molecule is O=C(COc1ccccc1)NCCNC(=O)OCc1ccccc1. The van der Waals surface area contributed by atoms with Gasteiger partial charge in [-0.05, 0) is 17.7 Å². The van der Waals surface area contributed by atoms with Gasteiger partial charge in [-0.1, -0.05) is 48.5 Å². The molecule has 0 unspecified atom stereocenters. The lowest BCUT2D eigenvalue weighted by Crippen LogP contribution is -2.36. The maximum absolute atomic E-state index is 11.6. The van der Waals surface area contributed by atoms with E-state index in [-0.39, 0.29) is 25.7 Å². The number of hydrogen-bond donors (Lipinski definition) is 2. The molecular formula is C18H20N2O4. The molecule has 0 aromatic heterocycles. The number of hydrogen-bond acceptors (Lipinski definition) is 4. The van der Waals surface area contributed by atoms with Gasteiger partial charge in [-0.25, -0.2) is 4.79 Å². The van der Waals surface area contributed by atoms with Crippen LogP contribution in [0.5, 0.6) is 5.75 Å². The van der Waals surface area contributed by atoms with Crippen LogP contribution in [-0.2, 0) is 16.1 Å². The molecule has 6 nitrogen and oxygen atoms in total. The Morgan fingerprint density at radius 2 is 1.46 bits per heavy atom. The number of nitrogens with one attached hydrogen (secondary N) is 2. The van der Waals surface area contributed by atoms with Crippen LogP contribution < -0.4 is 15.4 Å². The van der Waals surface area contributed by atoms with Crippen molar-refractivity contribution in [2.45, 2.75) is 6.61 Å². The van der Waals surface area contributed by atoms with E-state index in [9.17, 15) is 9.59 Å². The van der Waals surface area contributed by atoms with Crippen molar-refractivity contribution in [2.24, 2.45) is 0 Å². The number of amides is 2. The summed E-state index contributed by atoms with van der Waals surface area (Å²) in [5, 5.41) is 5.21. The van der Waals surface area contributed by atoms with Crippen LogP contribution in [0.15, 0.2) is 60.7 Å². The summed E-state index contributed by atoms with van der Waals surface area (Å²) in [4.78, 5) is 23.1. The second kappa shape index (κ2) is 9.89. The quantitative estimate of drug-likeness (QED) is 0.728. The standard InChI is InChI=1S/C18H20N2O4/c21-17(14-23-16-9-5-2-6-10-16)19-11-12-20-18(22)24-13-15-7-3-1-4-8-15/h1-10H,11-14H2,(H,19,21)(H,20,22). The minimum Gasteiger partial charge on any atom is -0.484 e. The van der Waals surface area contributed by atoms with E-state index in [0.29, 0.717) is 12.3 Å². The van der Waals surface area contributed by atoms with Gasteiger partial charge in [0.25, 0.3) is 5.91 Å². The highest BCUT2D eigenvalue weighted by atomic mass is 16.5. The number of benzene rings is 2. The molecule has 0 atom stereocenters. The van der Waals surface area contributed by atoms with Gasteiger partial charge in [0.1, 0.15) is 12.4 Å². The third kappa shape index (κ3) is 6.83. The van der Waals surface area contributed by atoms with Crippen molar-refractivity contribution in [1.29, 1.82) is 0 Å². The predicted molar refractivity (Wildman–Crippen MR) is 89.6 cm³/mol. The molecule has 24 heavy (non-hydrogen) atoms. The van der Waals surface area contributed by atoms with E-state index in [0.717, 1.165) is 5.56 Å². The summed E-state index contributed by atoms with van der Waals surface area (Å²) >= 11 is 0. The smallest absolute Gasteiger partial charge is 0.407 e. The first-order chi connectivity index (χ1) is 11.7. The molecule has 6 heteroatoms. The number of alkyl carbamates (subject to hydrolysis) is 1. The van der Waals surface area contributed by atoms with Crippen LogP contribution in [0.25, 0.3) is 0 Å². The third-order valence-electron chi connectivity index (χ3n) is 3.04. The Labute approximate surface area is 140 Å². The van der Waals surface area contributed by atoms with Crippen molar-refractivity contribution in [2.75, 3.05) is 19.7 Å². The van der Waals surface area contributed by atoms with Gasteiger partial charge >= 0.3 is 6.09 Å². The molecule has 0 fully saturated rings. The summed E-state index contributed by atoms with van der Waals surface area (Å²) in [6.07, 6.45) is -0.520. The maximum Gasteiger partial charge on any atom is 0.407 e. The summed E-state index contributed by atoms with van der Waals surface area (Å²) < 4.78 is 10.4. The molecule has 0 aliphatic rings. The molecule has 0 spiro atoms. The molecule has 126 valence electrons. The minimum atomic E-state index is -0.520. The fraction of sp³-hybridized carbons (Fsp3) is 0.222. The average molecular weight is 328 g/mol. The zero-order valence-electron chi connectivity index (χ0n) is 13.2. The summed E-state index contributed by atoms with van der Waals surface area (Å²) in [5.74, 6) is 0.383. The van der Waals surface area contributed by atoms with Crippen LogP contribution in [0.4, 0.5) is 4.79 Å². The number of rotatable bonds is 8. The topological polar surface area (TPSA) is 76.7 Å². The second-order valence-electron chi connectivity index (χ2n) is 4.94. The third-order valence-corrected chi connectivity index (χ3v) is 3.04. The van der Waals surface area contributed by atoms with Crippen molar-refractivity contribution >= 4 is 12.0 Å². The first-order valence-electron chi connectivity index (χ1n) is 7.63. The molecule has 2 rings (SSSR count). The number of para-hydroxylation sites is 1. The van der Waals surface area contributed by atoms with Crippen molar-refractivity contribution < 1.29 is 19.1 Å².